The van der Waals surface area contributed by atoms with E-state index in [1.54, 1.807) is 6.21 Å². The molecule has 0 aliphatic carbocycles. The number of rotatable bonds is 6. The number of hydrazone groups is 1. The lowest BCUT2D eigenvalue weighted by atomic mass is 9.87. The second kappa shape index (κ2) is 8.46. The van der Waals surface area contributed by atoms with Crippen molar-refractivity contribution in [1.29, 1.82) is 0 Å². The maximum absolute atomic E-state index is 11.6. The normalized spacial score (nSPS) is 11.7. The summed E-state index contributed by atoms with van der Waals surface area (Å²) in [5, 5.41) is 6.57. The molecule has 0 aromatic heterocycles. The van der Waals surface area contributed by atoms with E-state index >= 15 is 0 Å². The first kappa shape index (κ1) is 18.9. The molecule has 2 amide bonds. The lowest BCUT2D eigenvalue weighted by Gasteiger charge is -2.18. The highest BCUT2D eigenvalue weighted by Gasteiger charge is 2.12. The largest absolute Gasteiger partial charge is 0.355 e. The topological polar surface area (TPSA) is 70.6 Å². The molecule has 0 atom stereocenters. The number of carbonyl (C=O) groups excluding carboxylic acids is 2. The van der Waals surface area contributed by atoms with Gasteiger partial charge in [0, 0.05) is 6.54 Å². The minimum Gasteiger partial charge on any atom is -0.355 e. The molecule has 0 bridgehead atoms. The molecule has 1 rings (SSSR count). The van der Waals surface area contributed by atoms with Crippen molar-refractivity contribution >= 4 is 18.0 Å². The predicted molar refractivity (Wildman–Crippen MR) is 93.3 cm³/mol. The van der Waals surface area contributed by atoms with Crippen LogP contribution in [0, 0.1) is 5.92 Å². The van der Waals surface area contributed by atoms with E-state index in [0.29, 0.717) is 12.5 Å². The minimum atomic E-state index is -0.422. The van der Waals surface area contributed by atoms with Gasteiger partial charge in [-0.05, 0) is 22.5 Å². The van der Waals surface area contributed by atoms with E-state index in [0.717, 1.165) is 5.56 Å². The minimum absolute atomic E-state index is 0.104. The van der Waals surface area contributed by atoms with Crippen LogP contribution in [0.25, 0.3) is 0 Å². The van der Waals surface area contributed by atoms with Gasteiger partial charge in [-0.25, -0.2) is 5.43 Å². The molecule has 23 heavy (non-hydrogen) atoms. The van der Waals surface area contributed by atoms with Crippen molar-refractivity contribution in [2.24, 2.45) is 11.0 Å². The monoisotopic (exact) mass is 317 g/mol. The number of amides is 2. The molecule has 5 heteroatoms. The molecular weight excluding hydrogens is 290 g/mol. The number of nitrogens with one attached hydrogen (secondary N) is 2. The van der Waals surface area contributed by atoms with Crippen LogP contribution in [0.4, 0.5) is 0 Å². The summed E-state index contributed by atoms with van der Waals surface area (Å²) in [5.74, 6) is -0.356. The zero-order valence-electron chi connectivity index (χ0n) is 14.6. The van der Waals surface area contributed by atoms with Gasteiger partial charge in [0.25, 0.3) is 0 Å². The molecule has 2 N–H and O–H groups in total. The number of benzene rings is 1. The van der Waals surface area contributed by atoms with Crippen molar-refractivity contribution in [3.05, 3.63) is 35.4 Å². The molecule has 0 spiro atoms. The van der Waals surface area contributed by atoms with Crippen molar-refractivity contribution in [3.8, 4) is 0 Å². The first-order valence-electron chi connectivity index (χ1n) is 7.87. The van der Waals surface area contributed by atoms with Crippen LogP contribution in [0.3, 0.4) is 0 Å². The molecule has 0 radical (unpaired) electrons. The quantitative estimate of drug-likeness (QED) is 0.481. The Kier molecular flexibility index (Phi) is 6.94. The molecule has 0 unspecified atom stereocenters. The lowest BCUT2D eigenvalue weighted by Crippen LogP contribution is -2.32. The standard InChI is InChI=1S/C18H27N3O2/c1-13(2)11-19-16(22)10-17(23)21-20-12-14-6-8-15(9-7-14)18(3,4)5/h6-9,12-13H,10-11H2,1-5H3,(H,19,22)(H,21,23)/b20-12+. The van der Waals surface area contributed by atoms with E-state index in [2.05, 4.69) is 36.6 Å². The second-order valence-corrected chi connectivity index (χ2v) is 7.04. The van der Waals surface area contributed by atoms with Gasteiger partial charge in [-0.15, -0.1) is 0 Å². The van der Waals surface area contributed by atoms with Crippen molar-refractivity contribution in [2.45, 2.75) is 46.5 Å². The van der Waals surface area contributed by atoms with Gasteiger partial charge >= 0.3 is 0 Å². The van der Waals surface area contributed by atoms with Gasteiger partial charge in [0.1, 0.15) is 6.42 Å². The highest BCUT2D eigenvalue weighted by molar-refractivity contribution is 5.97. The highest BCUT2D eigenvalue weighted by atomic mass is 16.2. The van der Waals surface area contributed by atoms with Gasteiger partial charge in [0.05, 0.1) is 6.21 Å². The lowest BCUT2D eigenvalue weighted by molar-refractivity contribution is -0.129. The zero-order chi connectivity index (χ0) is 17.5. The Labute approximate surface area is 138 Å². The van der Waals surface area contributed by atoms with E-state index in [9.17, 15) is 9.59 Å². The summed E-state index contributed by atoms with van der Waals surface area (Å²) >= 11 is 0. The van der Waals surface area contributed by atoms with E-state index < -0.39 is 5.91 Å². The molecule has 1 aromatic carbocycles. The summed E-state index contributed by atoms with van der Waals surface area (Å²) in [6.07, 6.45) is 1.35. The molecule has 126 valence electrons. The summed E-state index contributed by atoms with van der Waals surface area (Å²) < 4.78 is 0. The number of carbonyl (C=O) groups is 2. The van der Waals surface area contributed by atoms with Crippen molar-refractivity contribution in [3.63, 3.8) is 0 Å². The van der Waals surface area contributed by atoms with E-state index in [1.165, 1.54) is 5.56 Å². The maximum Gasteiger partial charge on any atom is 0.249 e. The third-order valence-electron chi connectivity index (χ3n) is 3.21. The number of hydrogen-bond acceptors (Lipinski definition) is 3. The second-order valence-electron chi connectivity index (χ2n) is 7.04. The van der Waals surface area contributed by atoms with E-state index in [4.69, 9.17) is 0 Å². The Morgan fingerprint density at radius 3 is 2.26 bits per heavy atom. The van der Waals surface area contributed by atoms with Crippen LogP contribution in [-0.4, -0.2) is 24.6 Å². The predicted octanol–water partition coefficient (Wildman–Crippen LogP) is 2.60. The van der Waals surface area contributed by atoms with Crippen LogP contribution in [-0.2, 0) is 15.0 Å². The first-order chi connectivity index (χ1) is 10.7. The Bertz CT molecular complexity index is 555. The zero-order valence-corrected chi connectivity index (χ0v) is 14.6. The molecule has 0 heterocycles. The number of hydrogen-bond donors (Lipinski definition) is 2. The first-order valence-corrected chi connectivity index (χ1v) is 7.87. The van der Waals surface area contributed by atoms with Crippen molar-refractivity contribution < 1.29 is 9.59 Å². The highest BCUT2D eigenvalue weighted by Crippen LogP contribution is 2.21. The van der Waals surface area contributed by atoms with Crippen LogP contribution in [0.1, 0.15) is 52.2 Å². The van der Waals surface area contributed by atoms with Crippen LogP contribution < -0.4 is 10.7 Å². The van der Waals surface area contributed by atoms with Gasteiger partial charge in [0.2, 0.25) is 11.8 Å². The van der Waals surface area contributed by atoms with Gasteiger partial charge in [-0.2, -0.15) is 5.10 Å². The summed E-state index contributed by atoms with van der Waals surface area (Å²) in [6.45, 7) is 11.0. The van der Waals surface area contributed by atoms with Crippen molar-refractivity contribution in [1.82, 2.24) is 10.7 Å². The molecule has 0 aliphatic heterocycles. The average molecular weight is 317 g/mol. The summed E-state index contributed by atoms with van der Waals surface area (Å²) in [5.41, 5.74) is 4.60. The van der Waals surface area contributed by atoms with Crippen LogP contribution in [0.5, 0.6) is 0 Å². The van der Waals surface area contributed by atoms with Crippen LogP contribution in [0.2, 0.25) is 0 Å². The Hall–Kier alpha value is -2.17. The molecule has 0 saturated carbocycles. The molecule has 0 aliphatic rings. The fourth-order valence-electron chi connectivity index (χ4n) is 1.81. The fraction of sp³-hybridized carbons (Fsp3) is 0.500. The van der Waals surface area contributed by atoms with Gasteiger partial charge < -0.3 is 5.32 Å². The third kappa shape index (κ3) is 7.58. The van der Waals surface area contributed by atoms with E-state index in [1.807, 2.05) is 38.1 Å². The molecule has 0 fully saturated rings. The fourth-order valence-corrected chi connectivity index (χ4v) is 1.81. The van der Waals surface area contributed by atoms with Crippen molar-refractivity contribution in [2.75, 3.05) is 6.54 Å². The van der Waals surface area contributed by atoms with Gasteiger partial charge in [-0.3, -0.25) is 9.59 Å². The Morgan fingerprint density at radius 2 is 1.74 bits per heavy atom. The summed E-state index contributed by atoms with van der Waals surface area (Å²) in [4.78, 5) is 23.1. The molecule has 1 aromatic rings. The molecule has 5 nitrogen and oxygen atoms in total. The maximum atomic E-state index is 11.6. The van der Waals surface area contributed by atoms with Gasteiger partial charge in [-0.1, -0.05) is 58.9 Å². The van der Waals surface area contributed by atoms with Crippen LogP contribution >= 0.6 is 0 Å². The third-order valence-corrected chi connectivity index (χ3v) is 3.21. The Morgan fingerprint density at radius 1 is 1.13 bits per heavy atom. The molecule has 0 saturated heterocycles. The molecular formula is C18H27N3O2. The van der Waals surface area contributed by atoms with E-state index in [-0.39, 0.29) is 17.7 Å². The Balaban J connectivity index is 2.43. The van der Waals surface area contributed by atoms with Gasteiger partial charge in [0.15, 0.2) is 0 Å². The summed E-state index contributed by atoms with van der Waals surface area (Å²) in [7, 11) is 0. The number of nitrogens with zero attached hydrogens (tertiary/aromatic N) is 1. The summed E-state index contributed by atoms with van der Waals surface area (Å²) in [6, 6.07) is 7.99. The smallest absolute Gasteiger partial charge is 0.249 e. The average Bonchev–Trinajstić information content (AvgIpc) is 2.44. The van der Waals surface area contributed by atoms with Crippen LogP contribution in [0.15, 0.2) is 29.4 Å². The SMILES string of the molecule is CC(C)CNC(=O)CC(=O)N/N=C/c1ccc(C(C)(C)C)cc1.